The van der Waals surface area contributed by atoms with Gasteiger partial charge in [-0.1, -0.05) is 45.8 Å². The summed E-state index contributed by atoms with van der Waals surface area (Å²) in [4.78, 5) is 21.3. The van der Waals surface area contributed by atoms with Crippen LogP contribution in [0.5, 0.6) is 0 Å². The maximum Gasteiger partial charge on any atom is 0.230 e. The van der Waals surface area contributed by atoms with Gasteiger partial charge in [-0.05, 0) is 56.1 Å². The standard InChI is InChI=1S/C23H24BrN3OS/c1-16-8-10-21(11-9-16)27(17(2)28)23-25-20(15-29-23)14-26-12-4-7-22(26)18-5-3-6-19(24)13-18/h3,5-6,8-11,13,15,22H,4,7,12,14H2,1-2H3. The van der Waals surface area contributed by atoms with Crippen LogP contribution >= 0.6 is 27.3 Å². The number of nitrogens with zero attached hydrogens (tertiary/aromatic N) is 3. The van der Waals surface area contributed by atoms with E-state index in [1.807, 2.05) is 31.2 Å². The smallest absolute Gasteiger partial charge is 0.230 e. The van der Waals surface area contributed by atoms with Gasteiger partial charge in [-0.3, -0.25) is 14.6 Å². The predicted molar refractivity (Wildman–Crippen MR) is 123 cm³/mol. The molecule has 3 aromatic rings. The Bertz CT molecular complexity index is 1000. The number of anilines is 2. The average Bonchev–Trinajstić information content (AvgIpc) is 3.33. The van der Waals surface area contributed by atoms with Gasteiger partial charge in [0.15, 0.2) is 5.13 Å². The van der Waals surface area contributed by atoms with Crippen LogP contribution in [-0.2, 0) is 11.3 Å². The molecule has 0 saturated carbocycles. The zero-order chi connectivity index (χ0) is 20.4. The van der Waals surface area contributed by atoms with E-state index in [9.17, 15) is 4.79 Å². The minimum absolute atomic E-state index is 0.0251. The molecule has 29 heavy (non-hydrogen) atoms. The molecule has 0 bridgehead atoms. The van der Waals surface area contributed by atoms with Gasteiger partial charge in [-0.2, -0.15) is 0 Å². The largest absolute Gasteiger partial charge is 0.290 e. The van der Waals surface area contributed by atoms with Crippen molar-refractivity contribution in [2.75, 3.05) is 11.4 Å². The second-order valence-electron chi connectivity index (χ2n) is 7.49. The highest BCUT2D eigenvalue weighted by Crippen LogP contribution is 2.35. The summed E-state index contributed by atoms with van der Waals surface area (Å²) in [6, 6.07) is 17.0. The molecule has 0 N–H and O–H groups in total. The number of benzene rings is 2. The van der Waals surface area contributed by atoms with Crippen molar-refractivity contribution in [1.82, 2.24) is 9.88 Å². The quantitative estimate of drug-likeness (QED) is 0.443. The van der Waals surface area contributed by atoms with Gasteiger partial charge in [0.1, 0.15) is 0 Å². The number of amides is 1. The highest BCUT2D eigenvalue weighted by atomic mass is 79.9. The van der Waals surface area contributed by atoms with Crippen molar-refractivity contribution in [1.29, 1.82) is 0 Å². The van der Waals surface area contributed by atoms with E-state index in [2.05, 4.69) is 50.5 Å². The number of hydrogen-bond acceptors (Lipinski definition) is 4. The molecular weight excluding hydrogens is 446 g/mol. The monoisotopic (exact) mass is 469 g/mol. The van der Waals surface area contributed by atoms with Crippen molar-refractivity contribution in [3.05, 3.63) is 75.2 Å². The molecule has 6 heteroatoms. The average molecular weight is 470 g/mol. The van der Waals surface area contributed by atoms with Crippen molar-refractivity contribution in [3.63, 3.8) is 0 Å². The van der Waals surface area contributed by atoms with Crippen LogP contribution < -0.4 is 4.90 Å². The summed E-state index contributed by atoms with van der Waals surface area (Å²) in [5, 5.41) is 2.81. The predicted octanol–water partition coefficient (Wildman–Crippen LogP) is 6.24. The third-order valence-corrected chi connectivity index (χ3v) is 6.67. The second kappa shape index (κ2) is 8.78. The number of aromatic nitrogens is 1. The van der Waals surface area contributed by atoms with Crippen LogP contribution in [0.25, 0.3) is 0 Å². The Morgan fingerprint density at radius 2 is 2.07 bits per heavy atom. The molecule has 1 unspecified atom stereocenters. The maximum absolute atomic E-state index is 12.3. The lowest BCUT2D eigenvalue weighted by Crippen LogP contribution is -2.24. The lowest BCUT2D eigenvalue weighted by Gasteiger charge is -2.24. The van der Waals surface area contributed by atoms with Gasteiger partial charge in [-0.15, -0.1) is 11.3 Å². The molecule has 1 saturated heterocycles. The molecule has 1 fully saturated rings. The summed E-state index contributed by atoms with van der Waals surface area (Å²) in [6.45, 7) is 5.50. The van der Waals surface area contributed by atoms with E-state index in [1.165, 1.54) is 28.9 Å². The van der Waals surface area contributed by atoms with E-state index < -0.39 is 0 Å². The Morgan fingerprint density at radius 3 is 2.79 bits per heavy atom. The summed E-state index contributed by atoms with van der Waals surface area (Å²) < 4.78 is 1.12. The van der Waals surface area contributed by atoms with Gasteiger partial charge in [0.2, 0.25) is 5.91 Å². The molecule has 1 amide bonds. The Hall–Kier alpha value is -2.02. The van der Waals surface area contributed by atoms with Crippen LogP contribution in [0.1, 0.15) is 42.6 Å². The molecule has 1 aliphatic rings. The van der Waals surface area contributed by atoms with Gasteiger partial charge in [0.25, 0.3) is 0 Å². The normalized spacial score (nSPS) is 16.9. The molecule has 2 aromatic carbocycles. The number of hydrogen-bond donors (Lipinski definition) is 0. The fourth-order valence-electron chi connectivity index (χ4n) is 3.91. The molecular formula is C23H24BrN3OS. The van der Waals surface area contributed by atoms with Crippen LogP contribution in [0.3, 0.4) is 0 Å². The molecule has 0 aliphatic carbocycles. The first kappa shape index (κ1) is 20.3. The summed E-state index contributed by atoms with van der Waals surface area (Å²) in [7, 11) is 0. The molecule has 1 aromatic heterocycles. The summed E-state index contributed by atoms with van der Waals surface area (Å²) in [5.74, 6) is -0.0251. The van der Waals surface area contributed by atoms with E-state index >= 15 is 0 Å². The zero-order valence-corrected chi connectivity index (χ0v) is 19.0. The van der Waals surface area contributed by atoms with Crippen molar-refractivity contribution in [3.8, 4) is 0 Å². The van der Waals surface area contributed by atoms with Gasteiger partial charge in [0, 0.05) is 29.4 Å². The number of carbonyl (C=O) groups is 1. The molecule has 150 valence electrons. The Labute approximate surface area is 184 Å². The van der Waals surface area contributed by atoms with Crippen molar-refractivity contribution < 1.29 is 4.79 Å². The first-order chi connectivity index (χ1) is 14.0. The molecule has 1 aliphatic heterocycles. The molecule has 2 heterocycles. The third kappa shape index (κ3) is 4.60. The number of halogens is 1. The van der Waals surface area contributed by atoms with E-state index in [-0.39, 0.29) is 5.91 Å². The van der Waals surface area contributed by atoms with Crippen molar-refractivity contribution in [2.24, 2.45) is 0 Å². The first-order valence-electron chi connectivity index (χ1n) is 9.82. The summed E-state index contributed by atoms with van der Waals surface area (Å²) >= 11 is 5.12. The van der Waals surface area contributed by atoms with E-state index in [4.69, 9.17) is 4.98 Å². The fraction of sp³-hybridized carbons (Fsp3) is 0.304. The van der Waals surface area contributed by atoms with E-state index in [0.29, 0.717) is 6.04 Å². The van der Waals surface area contributed by atoms with Gasteiger partial charge < -0.3 is 0 Å². The molecule has 0 radical (unpaired) electrons. The van der Waals surface area contributed by atoms with Crippen molar-refractivity contribution in [2.45, 2.75) is 39.3 Å². The number of carbonyl (C=O) groups excluding carboxylic acids is 1. The van der Waals surface area contributed by atoms with Crippen molar-refractivity contribution >= 4 is 44.0 Å². The van der Waals surface area contributed by atoms with Crippen LogP contribution in [0.4, 0.5) is 10.8 Å². The number of thiazole rings is 1. The fourth-order valence-corrected chi connectivity index (χ4v) is 5.20. The second-order valence-corrected chi connectivity index (χ2v) is 9.25. The Morgan fingerprint density at radius 1 is 1.28 bits per heavy atom. The van der Waals surface area contributed by atoms with Gasteiger partial charge in [0.05, 0.1) is 11.4 Å². The number of rotatable bonds is 5. The Balaban J connectivity index is 1.53. The van der Waals surface area contributed by atoms with Crippen LogP contribution in [0, 0.1) is 6.92 Å². The number of aryl methyl sites for hydroxylation is 1. The minimum atomic E-state index is -0.0251. The lowest BCUT2D eigenvalue weighted by atomic mass is 10.0. The van der Waals surface area contributed by atoms with E-state index in [0.717, 1.165) is 40.5 Å². The van der Waals surface area contributed by atoms with Gasteiger partial charge in [-0.25, -0.2) is 4.98 Å². The lowest BCUT2D eigenvalue weighted by molar-refractivity contribution is -0.115. The first-order valence-corrected chi connectivity index (χ1v) is 11.5. The summed E-state index contributed by atoms with van der Waals surface area (Å²) in [5.41, 5.74) is 4.39. The Kier molecular flexibility index (Phi) is 6.13. The van der Waals surface area contributed by atoms with Crippen LogP contribution in [0.2, 0.25) is 0 Å². The molecule has 0 spiro atoms. The van der Waals surface area contributed by atoms with Crippen LogP contribution in [0.15, 0.2) is 58.4 Å². The molecule has 4 nitrogen and oxygen atoms in total. The maximum atomic E-state index is 12.3. The number of likely N-dealkylation sites (tertiary alicyclic amines) is 1. The summed E-state index contributed by atoms with van der Waals surface area (Å²) in [6.07, 6.45) is 2.35. The molecule has 4 rings (SSSR count). The topological polar surface area (TPSA) is 36.4 Å². The highest BCUT2D eigenvalue weighted by Gasteiger charge is 2.27. The van der Waals surface area contributed by atoms with Gasteiger partial charge >= 0.3 is 0 Å². The molecule has 1 atom stereocenters. The minimum Gasteiger partial charge on any atom is -0.290 e. The third-order valence-electron chi connectivity index (χ3n) is 5.30. The zero-order valence-electron chi connectivity index (χ0n) is 16.6. The SMILES string of the molecule is CC(=O)N(c1ccc(C)cc1)c1nc(CN2CCCC2c2cccc(Br)c2)cs1. The highest BCUT2D eigenvalue weighted by molar-refractivity contribution is 9.10. The van der Waals surface area contributed by atoms with Crippen LogP contribution in [-0.4, -0.2) is 22.3 Å². The van der Waals surface area contributed by atoms with E-state index in [1.54, 1.807) is 11.8 Å².